The summed E-state index contributed by atoms with van der Waals surface area (Å²) in [6.07, 6.45) is 6.21. The summed E-state index contributed by atoms with van der Waals surface area (Å²) in [5, 5.41) is 4.16. The highest BCUT2D eigenvalue weighted by atomic mass is 16.5. The van der Waals surface area contributed by atoms with Crippen molar-refractivity contribution in [3.8, 4) is 0 Å². The Labute approximate surface area is 146 Å². The second-order valence-corrected chi connectivity index (χ2v) is 6.87. The molecule has 0 N–H and O–H groups in total. The van der Waals surface area contributed by atoms with E-state index in [-0.39, 0.29) is 5.91 Å². The number of amides is 1. The molecule has 2 aliphatic heterocycles. The predicted molar refractivity (Wildman–Crippen MR) is 88.1 cm³/mol. The third-order valence-electron chi connectivity index (χ3n) is 5.07. The van der Waals surface area contributed by atoms with Crippen molar-refractivity contribution in [3.63, 3.8) is 0 Å². The number of aromatic nitrogens is 2. The molecule has 0 bridgehead atoms. The highest BCUT2D eigenvalue weighted by molar-refractivity contribution is 5.91. The average molecular weight is 345 g/mol. The molecular weight excluding hydrogens is 322 g/mol. The minimum absolute atomic E-state index is 0.0388. The first-order chi connectivity index (χ1) is 12.3. The van der Waals surface area contributed by atoms with Gasteiger partial charge >= 0.3 is 0 Å². The van der Waals surface area contributed by atoms with Gasteiger partial charge in [0.05, 0.1) is 6.26 Å². The van der Waals surface area contributed by atoms with Crippen molar-refractivity contribution in [1.82, 2.24) is 15.0 Å². The van der Waals surface area contributed by atoms with E-state index < -0.39 is 0 Å². The van der Waals surface area contributed by atoms with Crippen LogP contribution in [-0.2, 0) is 11.2 Å². The summed E-state index contributed by atoms with van der Waals surface area (Å²) in [6, 6.07) is 3.45. The molecule has 1 unspecified atom stereocenters. The van der Waals surface area contributed by atoms with Crippen LogP contribution < -0.4 is 0 Å². The maximum absolute atomic E-state index is 12.4. The van der Waals surface area contributed by atoms with Gasteiger partial charge in [0, 0.05) is 38.6 Å². The van der Waals surface area contributed by atoms with Crippen molar-refractivity contribution in [1.29, 1.82) is 0 Å². The SMILES string of the molecule is O=C(c1ccco1)N1CCCC(Cc2nc(C3CCOCC3)no2)C1. The van der Waals surface area contributed by atoms with Crippen LogP contribution >= 0.6 is 0 Å². The van der Waals surface area contributed by atoms with E-state index >= 15 is 0 Å². The van der Waals surface area contributed by atoms with Gasteiger partial charge in [0.1, 0.15) is 0 Å². The molecule has 1 amide bonds. The Morgan fingerprint density at radius 1 is 1.28 bits per heavy atom. The lowest BCUT2D eigenvalue weighted by molar-refractivity contribution is 0.0636. The molecule has 0 saturated carbocycles. The standard InChI is InChI=1S/C18H23N3O4/c22-18(15-4-2-8-24-15)21-7-1-3-13(12-21)11-16-19-17(20-25-16)14-5-9-23-10-6-14/h2,4,8,13-14H,1,3,5-7,9-12H2. The summed E-state index contributed by atoms with van der Waals surface area (Å²) in [5.74, 6) is 2.53. The molecule has 7 nitrogen and oxygen atoms in total. The molecule has 134 valence electrons. The molecule has 0 aromatic carbocycles. The maximum Gasteiger partial charge on any atom is 0.289 e. The van der Waals surface area contributed by atoms with Crippen LogP contribution in [0.2, 0.25) is 0 Å². The van der Waals surface area contributed by atoms with Crippen LogP contribution in [0.3, 0.4) is 0 Å². The number of hydrogen-bond acceptors (Lipinski definition) is 6. The number of nitrogens with zero attached hydrogens (tertiary/aromatic N) is 3. The fourth-order valence-electron chi connectivity index (χ4n) is 3.69. The van der Waals surface area contributed by atoms with Crippen molar-refractivity contribution in [2.75, 3.05) is 26.3 Å². The zero-order chi connectivity index (χ0) is 17.1. The van der Waals surface area contributed by atoms with Crippen LogP contribution in [0.1, 0.15) is 53.9 Å². The second kappa shape index (κ2) is 7.39. The molecule has 0 spiro atoms. The predicted octanol–water partition coefficient (Wildman–Crippen LogP) is 2.65. The molecule has 2 saturated heterocycles. The van der Waals surface area contributed by atoms with Gasteiger partial charge in [-0.2, -0.15) is 4.98 Å². The first-order valence-corrected chi connectivity index (χ1v) is 9.02. The van der Waals surface area contributed by atoms with Crippen molar-refractivity contribution in [2.45, 2.75) is 38.0 Å². The zero-order valence-corrected chi connectivity index (χ0v) is 14.2. The fourth-order valence-corrected chi connectivity index (χ4v) is 3.69. The van der Waals surface area contributed by atoms with Crippen LogP contribution in [-0.4, -0.2) is 47.3 Å². The number of likely N-dealkylation sites (tertiary alicyclic amines) is 1. The van der Waals surface area contributed by atoms with Crippen LogP contribution in [0.4, 0.5) is 0 Å². The van der Waals surface area contributed by atoms with Gasteiger partial charge in [-0.25, -0.2) is 0 Å². The topological polar surface area (TPSA) is 81.6 Å². The number of carbonyl (C=O) groups excluding carboxylic acids is 1. The first kappa shape index (κ1) is 16.3. The minimum atomic E-state index is -0.0388. The smallest absolute Gasteiger partial charge is 0.289 e. The molecular formula is C18H23N3O4. The number of furan rings is 1. The molecule has 2 aliphatic rings. The van der Waals surface area contributed by atoms with Crippen molar-refractivity contribution in [3.05, 3.63) is 35.9 Å². The fraction of sp³-hybridized carbons (Fsp3) is 0.611. The van der Waals surface area contributed by atoms with Crippen LogP contribution in [0.25, 0.3) is 0 Å². The highest BCUT2D eigenvalue weighted by Crippen LogP contribution is 2.26. The van der Waals surface area contributed by atoms with Gasteiger partial charge in [0.15, 0.2) is 11.6 Å². The second-order valence-electron chi connectivity index (χ2n) is 6.87. The third kappa shape index (κ3) is 3.76. The normalized spacial score (nSPS) is 22.2. The Morgan fingerprint density at radius 2 is 2.16 bits per heavy atom. The molecule has 2 fully saturated rings. The maximum atomic E-state index is 12.4. The molecule has 0 aliphatic carbocycles. The van der Waals surface area contributed by atoms with Gasteiger partial charge in [-0.05, 0) is 43.7 Å². The van der Waals surface area contributed by atoms with E-state index in [0.717, 1.165) is 57.7 Å². The van der Waals surface area contributed by atoms with E-state index in [2.05, 4.69) is 10.1 Å². The average Bonchev–Trinajstić information content (AvgIpc) is 3.34. The van der Waals surface area contributed by atoms with E-state index in [4.69, 9.17) is 13.7 Å². The van der Waals surface area contributed by atoms with E-state index in [0.29, 0.717) is 30.0 Å². The minimum Gasteiger partial charge on any atom is -0.459 e. The van der Waals surface area contributed by atoms with Gasteiger partial charge in [-0.1, -0.05) is 5.16 Å². The largest absolute Gasteiger partial charge is 0.459 e. The van der Waals surface area contributed by atoms with Crippen molar-refractivity contribution < 1.29 is 18.5 Å². The third-order valence-corrected chi connectivity index (χ3v) is 5.07. The molecule has 4 rings (SSSR count). The summed E-state index contributed by atoms with van der Waals surface area (Å²) in [5.41, 5.74) is 0. The van der Waals surface area contributed by atoms with Gasteiger partial charge < -0.3 is 18.6 Å². The van der Waals surface area contributed by atoms with Crippen LogP contribution in [0.5, 0.6) is 0 Å². The number of ether oxygens (including phenoxy) is 1. The summed E-state index contributed by atoms with van der Waals surface area (Å²) in [4.78, 5) is 18.9. The van der Waals surface area contributed by atoms with Gasteiger partial charge in [-0.3, -0.25) is 4.79 Å². The zero-order valence-electron chi connectivity index (χ0n) is 14.2. The number of hydrogen-bond donors (Lipinski definition) is 0. The number of rotatable bonds is 4. The summed E-state index contributed by atoms with van der Waals surface area (Å²) in [6.45, 7) is 3.00. The van der Waals surface area contributed by atoms with E-state index in [1.54, 1.807) is 12.1 Å². The summed E-state index contributed by atoms with van der Waals surface area (Å²) < 4.78 is 16.1. The molecule has 2 aromatic heterocycles. The first-order valence-electron chi connectivity index (χ1n) is 9.02. The number of piperidine rings is 1. The monoisotopic (exact) mass is 345 g/mol. The van der Waals surface area contributed by atoms with Crippen LogP contribution in [0, 0.1) is 5.92 Å². The van der Waals surface area contributed by atoms with Gasteiger partial charge in [0.2, 0.25) is 5.89 Å². The van der Waals surface area contributed by atoms with E-state index in [9.17, 15) is 4.79 Å². The van der Waals surface area contributed by atoms with E-state index in [1.165, 1.54) is 6.26 Å². The van der Waals surface area contributed by atoms with Crippen LogP contribution in [0.15, 0.2) is 27.3 Å². The summed E-state index contributed by atoms with van der Waals surface area (Å²) in [7, 11) is 0. The Hall–Kier alpha value is -2.15. The van der Waals surface area contributed by atoms with Crippen molar-refractivity contribution >= 4 is 5.91 Å². The van der Waals surface area contributed by atoms with Gasteiger partial charge in [-0.15, -0.1) is 0 Å². The van der Waals surface area contributed by atoms with E-state index in [1.807, 2.05) is 4.90 Å². The molecule has 1 atom stereocenters. The van der Waals surface area contributed by atoms with Crippen molar-refractivity contribution in [2.24, 2.45) is 5.92 Å². The highest BCUT2D eigenvalue weighted by Gasteiger charge is 2.28. The van der Waals surface area contributed by atoms with Gasteiger partial charge in [0.25, 0.3) is 5.91 Å². The molecule has 4 heterocycles. The molecule has 2 aromatic rings. The lowest BCUT2D eigenvalue weighted by Crippen LogP contribution is -2.40. The molecule has 7 heteroatoms. The quantitative estimate of drug-likeness (QED) is 0.847. The Bertz CT molecular complexity index is 691. The Balaban J connectivity index is 1.36. The number of carbonyl (C=O) groups is 1. The Kier molecular flexibility index (Phi) is 4.83. The molecule has 25 heavy (non-hydrogen) atoms. The molecule has 0 radical (unpaired) electrons. The lowest BCUT2D eigenvalue weighted by Gasteiger charge is -2.31. The lowest BCUT2D eigenvalue weighted by atomic mass is 9.94. The Morgan fingerprint density at radius 3 is 2.96 bits per heavy atom. The summed E-state index contributed by atoms with van der Waals surface area (Å²) >= 11 is 0.